The number of carbonyl (C=O) groups excluding carboxylic acids is 1. The van der Waals surface area contributed by atoms with Gasteiger partial charge in [0.15, 0.2) is 0 Å². The second-order valence-corrected chi connectivity index (χ2v) is 4.66. The average molecular weight is 337 g/mol. The first-order valence-corrected chi connectivity index (χ1v) is 6.26. The Morgan fingerprint density at radius 2 is 2.15 bits per heavy atom. The van der Waals surface area contributed by atoms with Gasteiger partial charge < -0.3 is 4.98 Å². The first-order chi connectivity index (χ1) is 9.56. The average Bonchev–Trinajstić information content (AvgIpc) is 2.38. The van der Waals surface area contributed by atoms with E-state index in [1.165, 1.54) is 6.21 Å². The van der Waals surface area contributed by atoms with Gasteiger partial charge in [-0.05, 0) is 17.7 Å². The molecule has 3 N–H and O–H groups in total. The van der Waals surface area contributed by atoms with E-state index in [0.29, 0.717) is 0 Å². The van der Waals surface area contributed by atoms with Crippen molar-refractivity contribution in [3.05, 3.63) is 66.9 Å². The molecule has 1 heterocycles. The van der Waals surface area contributed by atoms with E-state index in [9.17, 15) is 14.4 Å². The highest BCUT2D eigenvalue weighted by Gasteiger charge is 2.09. The fourth-order valence-corrected chi connectivity index (χ4v) is 1.81. The molecule has 1 aromatic heterocycles. The van der Waals surface area contributed by atoms with Gasteiger partial charge in [-0.25, -0.2) is 10.2 Å². The van der Waals surface area contributed by atoms with Gasteiger partial charge in [0.05, 0.1) is 6.21 Å². The monoisotopic (exact) mass is 336 g/mol. The fourth-order valence-electron chi connectivity index (χ4n) is 1.39. The van der Waals surface area contributed by atoms with Crippen molar-refractivity contribution in [1.82, 2.24) is 15.4 Å². The highest BCUT2D eigenvalue weighted by molar-refractivity contribution is 9.10. The number of halogens is 1. The first-order valence-electron chi connectivity index (χ1n) is 5.47. The van der Waals surface area contributed by atoms with Crippen molar-refractivity contribution in [3.8, 4) is 0 Å². The molecule has 2 rings (SSSR count). The standard InChI is InChI=1S/C12H9BrN4O3/c13-8-3-1-2-7(4-8)5-15-17-11(19)9-6-14-12(20)16-10(9)18/h1-6H,(H,17,19)(H2,14,16,18,20)/b15-5+. The van der Waals surface area contributed by atoms with Crippen LogP contribution < -0.4 is 16.7 Å². The van der Waals surface area contributed by atoms with Crippen molar-refractivity contribution in [2.24, 2.45) is 5.10 Å². The maximum atomic E-state index is 11.7. The summed E-state index contributed by atoms with van der Waals surface area (Å²) in [5, 5.41) is 3.73. The van der Waals surface area contributed by atoms with Crippen LogP contribution in [0.3, 0.4) is 0 Å². The Morgan fingerprint density at radius 3 is 2.85 bits per heavy atom. The topological polar surface area (TPSA) is 107 Å². The second-order valence-electron chi connectivity index (χ2n) is 3.74. The summed E-state index contributed by atoms with van der Waals surface area (Å²) in [4.78, 5) is 38.0. The zero-order chi connectivity index (χ0) is 14.5. The van der Waals surface area contributed by atoms with Crippen molar-refractivity contribution in [1.29, 1.82) is 0 Å². The third-order valence-corrected chi connectivity index (χ3v) is 2.79. The van der Waals surface area contributed by atoms with Crippen molar-refractivity contribution in [3.63, 3.8) is 0 Å². The number of benzene rings is 1. The number of hydrogen-bond donors (Lipinski definition) is 3. The number of H-pyrrole nitrogens is 2. The van der Waals surface area contributed by atoms with Crippen molar-refractivity contribution < 1.29 is 4.79 Å². The molecule has 1 aromatic carbocycles. The summed E-state index contributed by atoms with van der Waals surface area (Å²) in [6.45, 7) is 0. The molecular weight excluding hydrogens is 328 g/mol. The Labute approximate surface area is 120 Å². The third-order valence-electron chi connectivity index (χ3n) is 2.29. The summed E-state index contributed by atoms with van der Waals surface area (Å²) >= 11 is 3.31. The zero-order valence-corrected chi connectivity index (χ0v) is 11.6. The van der Waals surface area contributed by atoms with Gasteiger partial charge in [-0.3, -0.25) is 14.6 Å². The number of hydrogen-bond acceptors (Lipinski definition) is 4. The van der Waals surface area contributed by atoms with Gasteiger partial charge in [-0.2, -0.15) is 5.10 Å². The molecule has 7 nitrogen and oxygen atoms in total. The molecule has 2 aromatic rings. The van der Waals surface area contributed by atoms with Gasteiger partial charge in [0.2, 0.25) is 0 Å². The Bertz CT molecular complexity index is 779. The van der Waals surface area contributed by atoms with E-state index in [-0.39, 0.29) is 5.56 Å². The Morgan fingerprint density at radius 1 is 1.35 bits per heavy atom. The molecule has 0 saturated carbocycles. The highest BCUT2D eigenvalue weighted by Crippen LogP contribution is 2.09. The van der Waals surface area contributed by atoms with E-state index in [1.807, 2.05) is 23.2 Å². The number of aromatic amines is 2. The maximum Gasteiger partial charge on any atom is 0.325 e. The van der Waals surface area contributed by atoms with Crippen LogP contribution in [0.5, 0.6) is 0 Å². The summed E-state index contributed by atoms with van der Waals surface area (Å²) in [7, 11) is 0. The number of nitrogens with zero attached hydrogens (tertiary/aromatic N) is 1. The molecule has 1 amide bonds. The molecule has 0 unspecified atom stereocenters. The second kappa shape index (κ2) is 6.11. The van der Waals surface area contributed by atoms with E-state index >= 15 is 0 Å². The summed E-state index contributed by atoms with van der Waals surface area (Å²) < 4.78 is 0.879. The summed E-state index contributed by atoms with van der Waals surface area (Å²) in [6.07, 6.45) is 2.47. The van der Waals surface area contributed by atoms with Crippen molar-refractivity contribution >= 4 is 28.1 Å². The number of nitrogens with one attached hydrogen (secondary N) is 3. The lowest BCUT2D eigenvalue weighted by molar-refractivity contribution is 0.0953. The van der Waals surface area contributed by atoms with E-state index in [1.54, 1.807) is 6.07 Å². The molecule has 0 spiro atoms. The Hall–Kier alpha value is -2.48. The van der Waals surface area contributed by atoms with Crippen LogP contribution in [0.15, 0.2) is 49.6 Å². The van der Waals surface area contributed by atoms with Gasteiger partial charge >= 0.3 is 5.69 Å². The van der Waals surface area contributed by atoms with Crippen LogP contribution in [0.25, 0.3) is 0 Å². The Kier molecular flexibility index (Phi) is 4.26. The molecule has 8 heteroatoms. The van der Waals surface area contributed by atoms with E-state index in [2.05, 4.69) is 31.4 Å². The molecule has 0 aliphatic carbocycles. The van der Waals surface area contributed by atoms with E-state index in [0.717, 1.165) is 16.2 Å². The Balaban J connectivity index is 2.09. The summed E-state index contributed by atoms with van der Waals surface area (Å²) in [6, 6.07) is 7.28. The molecule has 0 aliphatic rings. The summed E-state index contributed by atoms with van der Waals surface area (Å²) in [5.74, 6) is -0.714. The molecule has 0 fully saturated rings. The maximum absolute atomic E-state index is 11.7. The molecule has 0 aliphatic heterocycles. The lowest BCUT2D eigenvalue weighted by Gasteiger charge is -1.98. The minimum absolute atomic E-state index is 0.226. The van der Waals surface area contributed by atoms with E-state index < -0.39 is 17.2 Å². The SMILES string of the molecule is O=C(N/N=C/c1cccc(Br)c1)c1c[nH]c(=O)[nH]c1=O. The minimum atomic E-state index is -0.774. The van der Waals surface area contributed by atoms with Gasteiger partial charge in [0.25, 0.3) is 11.5 Å². The lowest BCUT2D eigenvalue weighted by Crippen LogP contribution is -2.31. The normalized spacial score (nSPS) is 10.7. The summed E-state index contributed by atoms with van der Waals surface area (Å²) in [5.41, 5.74) is 1.30. The highest BCUT2D eigenvalue weighted by atomic mass is 79.9. The van der Waals surface area contributed by atoms with Crippen LogP contribution in [0.4, 0.5) is 0 Å². The van der Waals surface area contributed by atoms with Gasteiger partial charge in [0.1, 0.15) is 5.56 Å². The molecule has 102 valence electrons. The van der Waals surface area contributed by atoms with Crippen LogP contribution >= 0.6 is 15.9 Å². The fraction of sp³-hybridized carbons (Fsp3) is 0. The zero-order valence-electron chi connectivity index (χ0n) is 10.0. The van der Waals surface area contributed by atoms with Crippen molar-refractivity contribution in [2.45, 2.75) is 0 Å². The molecule has 0 bridgehead atoms. The lowest BCUT2D eigenvalue weighted by atomic mass is 10.2. The quantitative estimate of drug-likeness (QED) is 0.563. The molecule has 20 heavy (non-hydrogen) atoms. The van der Waals surface area contributed by atoms with Crippen LogP contribution in [0, 0.1) is 0 Å². The van der Waals surface area contributed by atoms with E-state index in [4.69, 9.17) is 0 Å². The number of carbonyl (C=O) groups is 1. The number of rotatable bonds is 3. The number of amides is 1. The molecule has 0 radical (unpaired) electrons. The van der Waals surface area contributed by atoms with Gasteiger partial charge in [0, 0.05) is 10.7 Å². The van der Waals surface area contributed by atoms with Crippen LogP contribution in [0.1, 0.15) is 15.9 Å². The first kappa shape index (κ1) is 13.9. The minimum Gasteiger partial charge on any atom is -0.313 e. The van der Waals surface area contributed by atoms with Crippen LogP contribution in [0.2, 0.25) is 0 Å². The third kappa shape index (κ3) is 3.51. The van der Waals surface area contributed by atoms with Crippen LogP contribution in [-0.4, -0.2) is 22.1 Å². The molecule has 0 saturated heterocycles. The largest absolute Gasteiger partial charge is 0.325 e. The number of hydrazone groups is 1. The smallest absolute Gasteiger partial charge is 0.313 e. The molecular formula is C12H9BrN4O3. The van der Waals surface area contributed by atoms with Crippen LogP contribution in [-0.2, 0) is 0 Å². The van der Waals surface area contributed by atoms with Gasteiger partial charge in [-0.1, -0.05) is 28.1 Å². The van der Waals surface area contributed by atoms with Crippen molar-refractivity contribution in [2.75, 3.05) is 0 Å². The molecule has 0 atom stereocenters. The predicted octanol–water partition coefficient (Wildman–Crippen LogP) is 0.590. The predicted molar refractivity (Wildman–Crippen MR) is 76.9 cm³/mol. The number of aromatic nitrogens is 2. The van der Waals surface area contributed by atoms with Gasteiger partial charge in [-0.15, -0.1) is 0 Å².